The Morgan fingerprint density at radius 3 is 2.59 bits per heavy atom. The zero-order chi connectivity index (χ0) is 15.9. The van der Waals surface area contributed by atoms with Crippen molar-refractivity contribution in [3.63, 3.8) is 0 Å². The van der Waals surface area contributed by atoms with Gasteiger partial charge >= 0.3 is 0 Å². The molecule has 0 heterocycles. The summed E-state index contributed by atoms with van der Waals surface area (Å²) in [6.45, 7) is 3.89. The highest BCUT2D eigenvalue weighted by Crippen LogP contribution is 2.22. The van der Waals surface area contributed by atoms with Crippen LogP contribution in [-0.2, 0) is 4.79 Å². The van der Waals surface area contributed by atoms with E-state index in [4.69, 9.17) is 11.6 Å². The van der Waals surface area contributed by atoms with E-state index in [9.17, 15) is 4.79 Å². The van der Waals surface area contributed by atoms with E-state index in [1.807, 2.05) is 62.4 Å². The summed E-state index contributed by atoms with van der Waals surface area (Å²) in [5.74, 6) is -0.213. The summed E-state index contributed by atoms with van der Waals surface area (Å²) in [4.78, 5) is 11.8. The monoisotopic (exact) mass is 315 g/mol. The highest BCUT2D eigenvalue weighted by Gasteiger charge is 2.04. The summed E-state index contributed by atoms with van der Waals surface area (Å²) >= 11 is 6.04. The van der Waals surface area contributed by atoms with Gasteiger partial charge in [-0.3, -0.25) is 4.79 Å². The number of nitrogens with one attached hydrogen (secondary N) is 2. The highest BCUT2D eigenvalue weighted by atomic mass is 35.5. The van der Waals surface area contributed by atoms with Gasteiger partial charge in [-0.2, -0.15) is 5.10 Å². The van der Waals surface area contributed by atoms with E-state index >= 15 is 0 Å². The minimum atomic E-state index is -0.213. The molecule has 1 amide bonds. The van der Waals surface area contributed by atoms with Gasteiger partial charge in [0.15, 0.2) is 0 Å². The molecule has 0 saturated carbocycles. The average Bonchev–Trinajstić information content (AvgIpc) is 2.54. The average molecular weight is 316 g/mol. The third kappa shape index (κ3) is 4.33. The van der Waals surface area contributed by atoms with Gasteiger partial charge in [0.25, 0.3) is 5.91 Å². The van der Waals surface area contributed by atoms with Crippen molar-refractivity contribution in [3.05, 3.63) is 64.7 Å². The lowest BCUT2D eigenvalue weighted by Crippen LogP contribution is -2.27. The van der Waals surface area contributed by atoms with E-state index in [1.165, 1.54) is 0 Å². The number of nitrogens with zero attached hydrogens (tertiary/aromatic N) is 1. The number of carbonyl (C=O) groups excluding carboxylic acids is 1. The number of rotatable bonds is 5. The van der Waals surface area contributed by atoms with Gasteiger partial charge in [-0.1, -0.05) is 48.0 Å². The highest BCUT2D eigenvalue weighted by molar-refractivity contribution is 6.31. The normalized spacial score (nSPS) is 11.1. The molecule has 2 rings (SSSR count). The Hall–Kier alpha value is -2.33. The molecule has 0 spiro atoms. The van der Waals surface area contributed by atoms with E-state index in [2.05, 4.69) is 15.8 Å². The molecule has 2 aromatic rings. The first-order valence-corrected chi connectivity index (χ1v) is 7.33. The van der Waals surface area contributed by atoms with E-state index in [0.717, 1.165) is 22.5 Å². The maximum atomic E-state index is 11.8. The molecule has 0 radical (unpaired) electrons. The van der Waals surface area contributed by atoms with Gasteiger partial charge in [0.1, 0.15) is 0 Å². The van der Waals surface area contributed by atoms with Crippen molar-refractivity contribution >= 4 is 28.9 Å². The number of hydrogen-bond acceptors (Lipinski definition) is 3. The van der Waals surface area contributed by atoms with Gasteiger partial charge in [-0.05, 0) is 37.1 Å². The number of hydrazone groups is 1. The zero-order valence-electron chi connectivity index (χ0n) is 12.6. The largest absolute Gasteiger partial charge is 0.376 e. The SMILES string of the molecule is CC(=NNC(=O)CNc1cccc(Cl)c1C)c1ccccc1. The Morgan fingerprint density at radius 1 is 1.14 bits per heavy atom. The quantitative estimate of drug-likeness (QED) is 0.654. The van der Waals surface area contributed by atoms with Crippen LogP contribution in [0.2, 0.25) is 5.02 Å². The number of anilines is 1. The minimum absolute atomic E-state index is 0.132. The Balaban J connectivity index is 1.90. The summed E-state index contributed by atoms with van der Waals surface area (Å²) in [7, 11) is 0. The maximum absolute atomic E-state index is 11.8. The Kier molecular flexibility index (Phi) is 5.55. The van der Waals surface area contributed by atoms with Crippen molar-refractivity contribution in [1.29, 1.82) is 0 Å². The van der Waals surface area contributed by atoms with Crippen LogP contribution >= 0.6 is 11.6 Å². The summed E-state index contributed by atoms with van der Waals surface area (Å²) in [5, 5.41) is 7.82. The molecule has 4 nitrogen and oxygen atoms in total. The van der Waals surface area contributed by atoms with E-state index < -0.39 is 0 Å². The number of benzene rings is 2. The third-order valence-corrected chi connectivity index (χ3v) is 3.66. The zero-order valence-corrected chi connectivity index (χ0v) is 13.3. The second-order valence-corrected chi connectivity index (χ2v) is 5.27. The van der Waals surface area contributed by atoms with Crippen LogP contribution < -0.4 is 10.7 Å². The lowest BCUT2D eigenvalue weighted by Gasteiger charge is -2.09. The maximum Gasteiger partial charge on any atom is 0.259 e. The fourth-order valence-corrected chi connectivity index (χ4v) is 2.08. The van der Waals surface area contributed by atoms with Gasteiger partial charge in [0, 0.05) is 10.7 Å². The van der Waals surface area contributed by atoms with Crippen LogP contribution in [0.4, 0.5) is 5.69 Å². The first-order chi connectivity index (χ1) is 10.6. The van der Waals surface area contributed by atoms with Crippen molar-refractivity contribution in [2.24, 2.45) is 5.10 Å². The van der Waals surface area contributed by atoms with Gasteiger partial charge in [0.05, 0.1) is 12.3 Å². The minimum Gasteiger partial charge on any atom is -0.376 e. The molecule has 114 valence electrons. The number of hydrogen-bond donors (Lipinski definition) is 2. The standard InChI is InChI=1S/C17H18ClN3O/c1-12-15(18)9-6-10-16(12)19-11-17(22)21-20-13(2)14-7-4-3-5-8-14/h3-10,19H,11H2,1-2H3,(H,21,22). The molecule has 0 aliphatic carbocycles. The molecule has 0 unspecified atom stereocenters. The molecule has 0 saturated heterocycles. The fraction of sp³-hybridized carbons (Fsp3) is 0.176. The van der Waals surface area contributed by atoms with Crippen LogP contribution in [-0.4, -0.2) is 18.2 Å². The molecule has 5 heteroatoms. The Labute approximate surface area is 135 Å². The molecule has 0 bridgehead atoms. The Bertz CT molecular complexity index is 684. The number of amides is 1. The van der Waals surface area contributed by atoms with Crippen molar-refractivity contribution in [1.82, 2.24) is 5.43 Å². The van der Waals surface area contributed by atoms with Crippen LogP contribution in [0.15, 0.2) is 53.6 Å². The van der Waals surface area contributed by atoms with Gasteiger partial charge in [0.2, 0.25) is 0 Å². The molecule has 2 aromatic carbocycles. The van der Waals surface area contributed by atoms with Crippen molar-refractivity contribution in [2.45, 2.75) is 13.8 Å². The van der Waals surface area contributed by atoms with Gasteiger partial charge in [-0.15, -0.1) is 0 Å². The van der Waals surface area contributed by atoms with Crippen LogP contribution in [0.5, 0.6) is 0 Å². The third-order valence-electron chi connectivity index (χ3n) is 3.25. The summed E-state index contributed by atoms with van der Waals surface area (Å²) in [6, 6.07) is 15.2. The van der Waals surface area contributed by atoms with Crippen molar-refractivity contribution in [3.8, 4) is 0 Å². The predicted molar refractivity (Wildman–Crippen MR) is 91.5 cm³/mol. The van der Waals surface area contributed by atoms with Crippen LogP contribution in [0.25, 0.3) is 0 Å². The second kappa shape index (κ2) is 7.61. The second-order valence-electron chi connectivity index (χ2n) is 4.86. The molecule has 22 heavy (non-hydrogen) atoms. The predicted octanol–water partition coefficient (Wildman–Crippen LogP) is 3.60. The van der Waals surface area contributed by atoms with E-state index in [0.29, 0.717) is 5.02 Å². The lowest BCUT2D eigenvalue weighted by molar-refractivity contribution is -0.119. The van der Waals surface area contributed by atoms with Crippen molar-refractivity contribution in [2.75, 3.05) is 11.9 Å². The molecule has 0 aliphatic heterocycles. The van der Waals surface area contributed by atoms with Gasteiger partial charge in [-0.25, -0.2) is 5.43 Å². The van der Waals surface area contributed by atoms with Crippen molar-refractivity contribution < 1.29 is 4.79 Å². The topological polar surface area (TPSA) is 53.5 Å². The lowest BCUT2D eigenvalue weighted by atomic mass is 10.1. The molecular weight excluding hydrogens is 298 g/mol. The number of carbonyl (C=O) groups is 1. The molecule has 0 aromatic heterocycles. The summed E-state index contributed by atoms with van der Waals surface area (Å²) in [6.07, 6.45) is 0. The first kappa shape index (κ1) is 16.0. The Morgan fingerprint density at radius 2 is 1.86 bits per heavy atom. The van der Waals surface area contributed by atoms with Crippen LogP contribution in [0, 0.1) is 6.92 Å². The molecule has 2 N–H and O–H groups in total. The molecular formula is C17H18ClN3O. The molecule has 0 atom stereocenters. The van der Waals surface area contributed by atoms with Gasteiger partial charge < -0.3 is 5.32 Å². The number of halogens is 1. The van der Waals surface area contributed by atoms with E-state index in [-0.39, 0.29) is 12.5 Å². The molecule has 0 fully saturated rings. The van der Waals surface area contributed by atoms with E-state index in [1.54, 1.807) is 0 Å². The van der Waals surface area contributed by atoms with Crippen LogP contribution in [0.3, 0.4) is 0 Å². The fourth-order valence-electron chi connectivity index (χ4n) is 1.90. The van der Waals surface area contributed by atoms with Crippen LogP contribution in [0.1, 0.15) is 18.1 Å². The first-order valence-electron chi connectivity index (χ1n) is 6.95. The summed E-state index contributed by atoms with van der Waals surface area (Å²) < 4.78 is 0. The molecule has 0 aliphatic rings. The smallest absolute Gasteiger partial charge is 0.259 e. The summed E-state index contributed by atoms with van der Waals surface area (Å²) in [5.41, 5.74) is 6.03.